The van der Waals surface area contributed by atoms with E-state index >= 15 is 0 Å². The van der Waals surface area contributed by atoms with E-state index in [2.05, 4.69) is 15.7 Å². The lowest BCUT2D eigenvalue weighted by atomic mass is 10.1. The van der Waals surface area contributed by atoms with Gasteiger partial charge >= 0.3 is 6.18 Å². The molecule has 2 aromatic carbocycles. The summed E-state index contributed by atoms with van der Waals surface area (Å²) in [5.74, 6) is -1.26. The number of carbonyl (C=O) groups excluding carboxylic acids is 2. The van der Waals surface area contributed by atoms with Crippen LogP contribution in [0.25, 0.3) is 5.69 Å². The van der Waals surface area contributed by atoms with Crippen LogP contribution in [0.15, 0.2) is 59.4 Å². The van der Waals surface area contributed by atoms with Crippen molar-refractivity contribution < 1.29 is 22.8 Å². The van der Waals surface area contributed by atoms with Gasteiger partial charge in [0.1, 0.15) is 0 Å². The average molecular weight is 458 g/mol. The summed E-state index contributed by atoms with van der Waals surface area (Å²) in [6.07, 6.45) is -4.65. The third-order valence-electron chi connectivity index (χ3n) is 4.69. The van der Waals surface area contributed by atoms with E-state index in [0.29, 0.717) is 11.4 Å². The first kappa shape index (κ1) is 23.7. The van der Waals surface area contributed by atoms with Crippen LogP contribution in [0, 0.1) is 12.8 Å². The molecule has 0 fully saturated rings. The van der Waals surface area contributed by atoms with Crippen molar-refractivity contribution in [2.24, 2.45) is 5.92 Å². The van der Waals surface area contributed by atoms with Gasteiger partial charge < -0.3 is 10.6 Å². The van der Waals surface area contributed by atoms with Crippen molar-refractivity contribution in [3.05, 3.63) is 81.8 Å². The van der Waals surface area contributed by atoms with Gasteiger partial charge in [-0.2, -0.15) is 18.3 Å². The fourth-order valence-electron chi connectivity index (χ4n) is 2.96. The lowest BCUT2D eigenvalue weighted by molar-refractivity contribution is -0.137. The molecule has 0 aliphatic heterocycles. The van der Waals surface area contributed by atoms with E-state index < -0.39 is 28.8 Å². The van der Waals surface area contributed by atoms with Crippen LogP contribution in [-0.2, 0) is 11.0 Å². The summed E-state index contributed by atoms with van der Waals surface area (Å²) in [4.78, 5) is 36.8. The first-order valence-corrected chi connectivity index (χ1v) is 9.97. The first-order chi connectivity index (χ1) is 15.5. The normalized spacial score (nSPS) is 11.4. The molecule has 10 heteroatoms. The van der Waals surface area contributed by atoms with Crippen LogP contribution in [0.5, 0.6) is 0 Å². The van der Waals surface area contributed by atoms with E-state index in [9.17, 15) is 27.6 Å². The summed E-state index contributed by atoms with van der Waals surface area (Å²) in [6.45, 7) is 4.92. The molecule has 2 amide bonds. The maximum absolute atomic E-state index is 13.4. The molecule has 0 radical (unpaired) electrons. The molecule has 0 aliphatic carbocycles. The second kappa shape index (κ2) is 9.27. The average Bonchev–Trinajstić information content (AvgIpc) is 2.74. The lowest BCUT2D eigenvalue weighted by Crippen LogP contribution is -2.27. The first-order valence-electron chi connectivity index (χ1n) is 9.97. The van der Waals surface area contributed by atoms with Crippen LogP contribution in [-0.4, -0.2) is 21.6 Å². The number of anilines is 2. The summed E-state index contributed by atoms with van der Waals surface area (Å²) in [6, 6.07) is 12.0. The zero-order chi connectivity index (χ0) is 24.3. The number of nitrogens with one attached hydrogen (secondary N) is 2. The number of alkyl halides is 3. The van der Waals surface area contributed by atoms with E-state index in [0.717, 1.165) is 16.8 Å². The predicted molar refractivity (Wildman–Crippen MR) is 117 cm³/mol. The van der Waals surface area contributed by atoms with Gasteiger partial charge in [-0.3, -0.25) is 14.4 Å². The Morgan fingerprint density at radius 3 is 2.12 bits per heavy atom. The van der Waals surface area contributed by atoms with Gasteiger partial charge in [-0.25, -0.2) is 4.68 Å². The van der Waals surface area contributed by atoms with E-state index in [-0.39, 0.29) is 23.2 Å². The molecule has 0 atom stereocenters. The van der Waals surface area contributed by atoms with Crippen LogP contribution >= 0.6 is 0 Å². The Balaban J connectivity index is 1.90. The number of aryl methyl sites for hydroxylation is 1. The number of carbonyl (C=O) groups is 2. The third-order valence-corrected chi connectivity index (χ3v) is 4.69. The monoisotopic (exact) mass is 458 g/mol. The maximum Gasteiger partial charge on any atom is 0.418 e. The highest BCUT2D eigenvalue weighted by Gasteiger charge is 2.34. The van der Waals surface area contributed by atoms with Crippen molar-refractivity contribution in [2.75, 3.05) is 10.6 Å². The Bertz CT molecular complexity index is 1250. The van der Waals surface area contributed by atoms with Crippen molar-refractivity contribution in [2.45, 2.75) is 26.9 Å². The Morgan fingerprint density at radius 1 is 0.970 bits per heavy atom. The number of hydrogen-bond donors (Lipinski definition) is 2. The van der Waals surface area contributed by atoms with Gasteiger partial charge in [-0.15, -0.1) is 0 Å². The van der Waals surface area contributed by atoms with Gasteiger partial charge in [0, 0.05) is 29.1 Å². The van der Waals surface area contributed by atoms with Crippen LogP contribution in [0.2, 0.25) is 0 Å². The molecule has 3 aromatic rings. The van der Waals surface area contributed by atoms with Crippen LogP contribution in [0.1, 0.15) is 35.6 Å². The minimum absolute atomic E-state index is 0.137. The standard InChI is InChI=1S/C23H21F3N4O3/c1-13(2)21(32)27-15-8-10-16(11-9-15)28-22(33)20-19(31)12-14(3)30(29-20)18-7-5-4-6-17(18)23(24,25)26/h4-13H,1-3H3,(H,27,32)(H,28,33). The molecule has 2 N–H and O–H groups in total. The van der Waals surface area contributed by atoms with Crippen LogP contribution in [0.3, 0.4) is 0 Å². The molecule has 1 heterocycles. The molecular formula is C23H21F3N4O3. The molecule has 33 heavy (non-hydrogen) atoms. The zero-order valence-electron chi connectivity index (χ0n) is 18.0. The highest BCUT2D eigenvalue weighted by atomic mass is 19.4. The Kier molecular flexibility index (Phi) is 6.66. The SMILES string of the molecule is Cc1cc(=O)c(C(=O)Nc2ccc(NC(=O)C(C)C)cc2)nn1-c1ccccc1C(F)(F)F. The number of nitrogens with zero attached hydrogens (tertiary/aromatic N) is 2. The molecule has 0 saturated carbocycles. The van der Waals surface area contributed by atoms with E-state index in [4.69, 9.17) is 0 Å². The number of para-hydroxylation sites is 1. The predicted octanol–water partition coefficient (Wildman–Crippen LogP) is 4.41. The smallest absolute Gasteiger partial charge is 0.326 e. The van der Waals surface area contributed by atoms with Gasteiger partial charge in [-0.05, 0) is 43.3 Å². The van der Waals surface area contributed by atoms with Crippen molar-refractivity contribution in [1.82, 2.24) is 9.78 Å². The number of benzene rings is 2. The fourth-order valence-corrected chi connectivity index (χ4v) is 2.96. The molecule has 172 valence electrons. The van der Waals surface area contributed by atoms with E-state index in [1.165, 1.54) is 37.3 Å². The second-order valence-corrected chi connectivity index (χ2v) is 7.60. The van der Waals surface area contributed by atoms with Gasteiger partial charge in [0.15, 0.2) is 5.69 Å². The van der Waals surface area contributed by atoms with Gasteiger partial charge in [0.25, 0.3) is 5.91 Å². The van der Waals surface area contributed by atoms with Crippen molar-refractivity contribution in [3.63, 3.8) is 0 Å². The van der Waals surface area contributed by atoms with Crippen molar-refractivity contribution in [1.29, 1.82) is 0 Å². The lowest BCUT2D eigenvalue weighted by Gasteiger charge is -2.16. The van der Waals surface area contributed by atoms with Crippen molar-refractivity contribution in [3.8, 4) is 5.69 Å². The molecule has 3 rings (SSSR count). The largest absolute Gasteiger partial charge is 0.418 e. The number of amides is 2. The Labute approximate surface area is 187 Å². The van der Waals surface area contributed by atoms with Crippen LogP contribution < -0.4 is 16.1 Å². The maximum atomic E-state index is 13.4. The quantitative estimate of drug-likeness (QED) is 0.593. The summed E-state index contributed by atoms with van der Waals surface area (Å²) in [5, 5.41) is 9.12. The molecule has 0 bridgehead atoms. The molecule has 0 unspecified atom stereocenters. The van der Waals surface area contributed by atoms with E-state index in [1.54, 1.807) is 26.0 Å². The fraction of sp³-hybridized carbons (Fsp3) is 0.217. The molecule has 0 aliphatic rings. The van der Waals surface area contributed by atoms with Crippen LogP contribution in [0.4, 0.5) is 24.5 Å². The number of hydrogen-bond acceptors (Lipinski definition) is 4. The summed E-state index contributed by atoms with van der Waals surface area (Å²) < 4.78 is 41.2. The third kappa shape index (κ3) is 5.46. The topological polar surface area (TPSA) is 93.1 Å². The minimum atomic E-state index is -4.65. The molecule has 0 spiro atoms. The highest BCUT2D eigenvalue weighted by Crippen LogP contribution is 2.33. The molecule has 0 saturated heterocycles. The summed E-state index contributed by atoms with van der Waals surface area (Å²) in [5.41, 5.74) is -1.57. The van der Waals surface area contributed by atoms with Gasteiger partial charge in [0.2, 0.25) is 11.3 Å². The summed E-state index contributed by atoms with van der Waals surface area (Å²) >= 11 is 0. The molecular weight excluding hydrogens is 437 g/mol. The van der Waals surface area contributed by atoms with Gasteiger partial charge in [0.05, 0.1) is 11.3 Å². The number of aromatic nitrogens is 2. The number of halogens is 3. The van der Waals surface area contributed by atoms with Gasteiger partial charge in [-0.1, -0.05) is 26.0 Å². The zero-order valence-corrected chi connectivity index (χ0v) is 18.0. The molecule has 1 aromatic heterocycles. The van der Waals surface area contributed by atoms with E-state index in [1.807, 2.05) is 0 Å². The minimum Gasteiger partial charge on any atom is -0.326 e. The van der Waals surface area contributed by atoms with Crippen molar-refractivity contribution >= 4 is 23.2 Å². The highest BCUT2D eigenvalue weighted by molar-refractivity contribution is 6.03. The Morgan fingerprint density at radius 2 is 1.55 bits per heavy atom. The Hall–Kier alpha value is -3.95. The summed E-state index contributed by atoms with van der Waals surface area (Å²) in [7, 11) is 0. The molecule has 7 nitrogen and oxygen atoms in total. The number of rotatable bonds is 5. The second-order valence-electron chi connectivity index (χ2n) is 7.60.